The smallest absolute Gasteiger partial charge is 0.255 e. The quantitative estimate of drug-likeness (QED) is 0.598. The molecule has 4 nitrogen and oxygen atoms in total. The second-order valence-electron chi connectivity index (χ2n) is 3.89. The fraction of sp³-hybridized carbons (Fsp3) is 0. The number of hydrazine groups is 1. The summed E-state index contributed by atoms with van der Waals surface area (Å²) in [5.74, 6) is 1.41. The molecule has 0 aromatic heterocycles. The molecule has 20 heavy (non-hydrogen) atoms. The number of amides is 1. The number of hydrogen-bond acceptors (Lipinski definition) is 3. The van der Waals surface area contributed by atoms with Gasteiger partial charge in [0.1, 0.15) is 11.5 Å². The van der Waals surface area contributed by atoms with Crippen molar-refractivity contribution >= 4 is 17.3 Å². The van der Waals surface area contributed by atoms with E-state index >= 15 is 0 Å². The first kappa shape index (κ1) is 13.9. The zero-order valence-corrected chi connectivity index (χ0v) is 10.1. The van der Waals surface area contributed by atoms with Gasteiger partial charge in [0.25, 0.3) is 5.91 Å². The highest BCUT2D eigenvalue weighted by Crippen LogP contribution is 2.21. The molecule has 0 bridgehead atoms. The molecular weight excluding hydrogens is 271 g/mol. The number of benzene rings is 2. The van der Waals surface area contributed by atoms with Gasteiger partial charge in [-0.25, -0.2) is 13.2 Å². The first-order valence-electron chi connectivity index (χ1n) is 5.54. The van der Waals surface area contributed by atoms with Crippen LogP contribution in [0.15, 0.2) is 36.4 Å². The maximum atomic E-state index is 13.5. The lowest BCUT2D eigenvalue weighted by Crippen LogP contribution is -2.16. The van der Waals surface area contributed by atoms with E-state index in [4.69, 9.17) is 5.84 Å². The molecule has 0 atom stereocenters. The molecule has 0 aliphatic carbocycles. The van der Waals surface area contributed by atoms with Gasteiger partial charge in [-0.05, 0) is 24.3 Å². The Balaban J connectivity index is 2.29. The fourth-order valence-electron chi connectivity index (χ4n) is 1.60. The number of para-hydroxylation sites is 1. The van der Waals surface area contributed by atoms with Crippen LogP contribution in [0.25, 0.3) is 0 Å². The van der Waals surface area contributed by atoms with Crippen LogP contribution in [0.5, 0.6) is 0 Å². The predicted molar refractivity (Wildman–Crippen MR) is 68.5 cm³/mol. The SMILES string of the molecule is NNc1c(F)cc(C(=O)Nc2ccccc2F)cc1F. The van der Waals surface area contributed by atoms with Crippen molar-refractivity contribution in [1.29, 1.82) is 0 Å². The Morgan fingerprint density at radius 1 is 1.00 bits per heavy atom. The van der Waals surface area contributed by atoms with Crippen molar-refractivity contribution in [1.82, 2.24) is 0 Å². The molecule has 1 amide bonds. The second kappa shape index (κ2) is 5.62. The van der Waals surface area contributed by atoms with E-state index in [-0.39, 0.29) is 11.3 Å². The Kier molecular flexibility index (Phi) is 3.90. The molecule has 0 aliphatic heterocycles. The third-order valence-electron chi connectivity index (χ3n) is 2.57. The summed E-state index contributed by atoms with van der Waals surface area (Å²) in [5, 5.41) is 2.22. The lowest BCUT2D eigenvalue weighted by atomic mass is 10.1. The second-order valence-corrected chi connectivity index (χ2v) is 3.89. The summed E-state index contributed by atoms with van der Waals surface area (Å²) < 4.78 is 40.3. The average molecular weight is 281 g/mol. The molecule has 7 heteroatoms. The molecule has 0 saturated heterocycles. The number of halogens is 3. The van der Waals surface area contributed by atoms with Gasteiger partial charge < -0.3 is 10.7 Å². The first-order chi connectivity index (χ1) is 9.52. The van der Waals surface area contributed by atoms with E-state index in [1.165, 1.54) is 18.2 Å². The average Bonchev–Trinajstić information content (AvgIpc) is 2.41. The van der Waals surface area contributed by atoms with E-state index in [9.17, 15) is 18.0 Å². The molecule has 4 N–H and O–H groups in total. The molecule has 2 rings (SSSR count). The summed E-state index contributed by atoms with van der Waals surface area (Å²) in [7, 11) is 0. The maximum absolute atomic E-state index is 13.5. The summed E-state index contributed by atoms with van der Waals surface area (Å²) in [6.07, 6.45) is 0. The highest BCUT2D eigenvalue weighted by atomic mass is 19.1. The summed E-state index contributed by atoms with van der Waals surface area (Å²) in [6.45, 7) is 0. The lowest BCUT2D eigenvalue weighted by molar-refractivity contribution is 0.102. The van der Waals surface area contributed by atoms with Gasteiger partial charge in [-0.2, -0.15) is 0 Å². The third kappa shape index (κ3) is 2.72. The molecule has 2 aromatic carbocycles. The van der Waals surface area contributed by atoms with Gasteiger partial charge in [0.05, 0.1) is 5.69 Å². The van der Waals surface area contributed by atoms with Gasteiger partial charge in [0.2, 0.25) is 0 Å². The van der Waals surface area contributed by atoms with Gasteiger partial charge in [0.15, 0.2) is 11.6 Å². The Morgan fingerprint density at radius 2 is 1.60 bits per heavy atom. The summed E-state index contributed by atoms with van der Waals surface area (Å²) in [5.41, 5.74) is 0.925. The number of nitrogens with two attached hydrogens (primary N) is 1. The number of carbonyl (C=O) groups is 1. The van der Waals surface area contributed by atoms with E-state index in [0.717, 1.165) is 18.2 Å². The minimum atomic E-state index is -1.02. The molecule has 0 radical (unpaired) electrons. The van der Waals surface area contributed by atoms with Crippen LogP contribution in [0.3, 0.4) is 0 Å². The van der Waals surface area contributed by atoms with Crippen LogP contribution in [0.4, 0.5) is 24.5 Å². The number of anilines is 2. The van der Waals surface area contributed by atoms with Gasteiger partial charge in [0, 0.05) is 5.56 Å². The van der Waals surface area contributed by atoms with Crippen molar-refractivity contribution in [3.63, 3.8) is 0 Å². The Labute approximate surface area is 112 Å². The fourth-order valence-corrected chi connectivity index (χ4v) is 1.60. The zero-order valence-electron chi connectivity index (χ0n) is 10.1. The lowest BCUT2D eigenvalue weighted by Gasteiger charge is -2.09. The molecule has 0 spiro atoms. The molecule has 2 aromatic rings. The number of nitrogen functional groups attached to an aromatic ring is 1. The number of hydrogen-bond donors (Lipinski definition) is 3. The summed E-state index contributed by atoms with van der Waals surface area (Å²) in [4.78, 5) is 11.8. The van der Waals surface area contributed by atoms with Gasteiger partial charge >= 0.3 is 0 Å². The Hall–Kier alpha value is -2.54. The van der Waals surface area contributed by atoms with Crippen LogP contribution in [-0.2, 0) is 0 Å². The van der Waals surface area contributed by atoms with Gasteiger partial charge in [-0.1, -0.05) is 12.1 Å². The molecule has 0 heterocycles. The molecule has 0 fully saturated rings. The predicted octanol–water partition coefficient (Wildman–Crippen LogP) is 2.64. The van der Waals surface area contributed by atoms with Gasteiger partial charge in [-0.3, -0.25) is 10.6 Å². The van der Waals surface area contributed by atoms with Crippen LogP contribution in [0.2, 0.25) is 0 Å². The Morgan fingerprint density at radius 3 is 2.15 bits per heavy atom. The van der Waals surface area contributed by atoms with E-state index in [2.05, 4.69) is 5.32 Å². The summed E-state index contributed by atoms with van der Waals surface area (Å²) >= 11 is 0. The normalized spacial score (nSPS) is 10.2. The van der Waals surface area contributed by atoms with Crippen LogP contribution < -0.4 is 16.6 Å². The van der Waals surface area contributed by atoms with Crippen LogP contribution in [-0.4, -0.2) is 5.91 Å². The molecular formula is C13H10F3N3O. The molecule has 0 unspecified atom stereocenters. The highest BCUT2D eigenvalue weighted by molar-refractivity contribution is 6.04. The molecule has 0 aliphatic rings. The number of carbonyl (C=O) groups excluding carboxylic acids is 1. The van der Waals surface area contributed by atoms with Crippen molar-refractivity contribution in [2.45, 2.75) is 0 Å². The number of rotatable bonds is 3. The maximum Gasteiger partial charge on any atom is 0.255 e. The third-order valence-corrected chi connectivity index (χ3v) is 2.57. The van der Waals surface area contributed by atoms with Crippen molar-refractivity contribution in [2.24, 2.45) is 5.84 Å². The van der Waals surface area contributed by atoms with E-state index in [1.807, 2.05) is 5.43 Å². The van der Waals surface area contributed by atoms with Crippen molar-refractivity contribution in [3.05, 3.63) is 59.4 Å². The molecule has 104 valence electrons. The topological polar surface area (TPSA) is 67.1 Å². The monoisotopic (exact) mass is 281 g/mol. The highest BCUT2D eigenvalue weighted by Gasteiger charge is 2.15. The van der Waals surface area contributed by atoms with Crippen LogP contribution in [0.1, 0.15) is 10.4 Å². The first-order valence-corrected chi connectivity index (χ1v) is 5.54. The largest absolute Gasteiger partial charge is 0.319 e. The summed E-state index contributed by atoms with van der Waals surface area (Å²) in [6, 6.07) is 7.05. The van der Waals surface area contributed by atoms with Gasteiger partial charge in [-0.15, -0.1) is 0 Å². The zero-order chi connectivity index (χ0) is 14.7. The van der Waals surface area contributed by atoms with Crippen molar-refractivity contribution in [2.75, 3.05) is 10.7 Å². The van der Waals surface area contributed by atoms with E-state index < -0.39 is 29.0 Å². The minimum absolute atomic E-state index is 0.0839. The van der Waals surface area contributed by atoms with Crippen LogP contribution >= 0.6 is 0 Å². The van der Waals surface area contributed by atoms with Crippen molar-refractivity contribution < 1.29 is 18.0 Å². The standard InChI is InChI=1S/C13H10F3N3O/c14-8-3-1-2-4-11(8)18-13(20)7-5-9(15)12(19-17)10(16)6-7/h1-6,19H,17H2,(H,18,20). The Bertz CT molecular complexity index is 638. The molecule has 0 saturated carbocycles. The number of nitrogens with one attached hydrogen (secondary N) is 2. The van der Waals surface area contributed by atoms with E-state index in [1.54, 1.807) is 0 Å². The minimum Gasteiger partial charge on any atom is -0.319 e. The van der Waals surface area contributed by atoms with E-state index in [0.29, 0.717) is 0 Å². The van der Waals surface area contributed by atoms with Crippen LogP contribution in [0, 0.1) is 17.5 Å². The van der Waals surface area contributed by atoms with Crippen molar-refractivity contribution in [3.8, 4) is 0 Å².